The molecule has 19 heavy (non-hydrogen) atoms. The van der Waals surface area contributed by atoms with E-state index in [9.17, 15) is 0 Å². The molecule has 3 aromatic rings. The van der Waals surface area contributed by atoms with Crippen LogP contribution in [0.4, 0.5) is 5.69 Å². The molecular weight excluding hydrogens is 254 g/mol. The van der Waals surface area contributed by atoms with Gasteiger partial charge in [0.05, 0.1) is 11.2 Å². The van der Waals surface area contributed by atoms with E-state index in [2.05, 4.69) is 39.8 Å². The quantitative estimate of drug-likeness (QED) is 0.726. The van der Waals surface area contributed by atoms with Gasteiger partial charge in [0, 0.05) is 29.7 Å². The Morgan fingerprint density at radius 1 is 1.00 bits per heavy atom. The molecule has 0 atom stereocenters. The van der Waals surface area contributed by atoms with E-state index < -0.39 is 0 Å². The highest BCUT2D eigenvalue weighted by Gasteiger charge is 2.02. The number of fused-ring (bicyclic) bond motifs is 1. The van der Waals surface area contributed by atoms with Gasteiger partial charge in [-0.05, 0) is 36.8 Å². The summed E-state index contributed by atoms with van der Waals surface area (Å²) in [7, 11) is 0. The molecule has 0 spiro atoms. The fourth-order valence-electron chi connectivity index (χ4n) is 1.86. The standard InChI is InChI=1S/C15H13N3S/c1-11-7-9-16-14(10-11)19-18-13-6-2-4-12-5-3-8-17-15(12)13/h2-10,18H,1H3. The van der Waals surface area contributed by atoms with Crippen molar-refractivity contribution in [3.63, 3.8) is 0 Å². The first-order valence-corrected chi connectivity index (χ1v) is 6.84. The van der Waals surface area contributed by atoms with Crippen molar-refractivity contribution in [2.24, 2.45) is 0 Å². The number of hydrogen-bond donors (Lipinski definition) is 1. The molecule has 0 saturated heterocycles. The molecule has 0 fully saturated rings. The molecule has 0 unspecified atom stereocenters. The number of rotatable bonds is 3. The Bertz CT molecular complexity index is 707. The van der Waals surface area contributed by atoms with Crippen molar-refractivity contribution >= 4 is 28.5 Å². The molecule has 1 N–H and O–H groups in total. The van der Waals surface area contributed by atoms with Crippen molar-refractivity contribution < 1.29 is 0 Å². The lowest BCUT2D eigenvalue weighted by atomic mass is 10.2. The first kappa shape index (κ1) is 12.0. The normalized spacial score (nSPS) is 10.6. The topological polar surface area (TPSA) is 37.8 Å². The largest absolute Gasteiger partial charge is 0.322 e. The molecule has 94 valence electrons. The predicted octanol–water partition coefficient (Wildman–Crippen LogP) is 4.06. The third-order valence-corrected chi connectivity index (χ3v) is 3.54. The maximum atomic E-state index is 4.41. The average molecular weight is 267 g/mol. The first-order valence-electron chi connectivity index (χ1n) is 6.02. The number of nitrogens with one attached hydrogen (secondary N) is 1. The summed E-state index contributed by atoms with van der Waals surface area (Å²) in [6, 6.07) is 14.2. The maximum Gasteiger partial charge on any atom is 0.117 e. The van der Waals surface area contributed by atoms with Gasteiger partial charge >= 0.3 is 0 Å². The summed E-state index contributed by atoms with van der Waals surface area (Å²) in [5, 5.41) is 2.08. The SMILES string of the molecule is Cc1ccnc(SNc2cccc3cccnc23)c1. The second-order valence-corrected chi connectivity index (χ2v) is 5.08. The lowest BCUT2D eigenvalue weighted by Gasteiger charge is -2.07. The Hall–Kier alpha value is -2.07. The lowest BCUT2D eigenvalue weighted by Crippen LogP contribution is -1.91. The summed E-state index contributed by atoms with van der Waals surface area (Å²) in [5.74, 6) is 0. The first-order chi connectivity index (χ1) is 9.33. The van der Waals surface area contributed by atoms with Crippen molar-refractivity contribution in [1.82, 2.24) is 9.97 Å². The fourth-order valence-corrected chi connectivity index (χ4v) is 2.60. The van der Waals surface area contributed by atoms with E-state index in [1.54, 1.807) is 0 Å². The second kappa shape index (κ2) is 5.28. The van der Waals surface area contributed by atoms with Crippen LogP contribution in [0.1, 0.15) is 5.56 Å². The number of pyridine rings is 2. The van der Waals surface area contributed by atoms with Crippen LogP contribution < -0.4 is 4.72 Å². The van der Waals surface area contributed by atoms with Crippen molar-refractivity contribution in [2.45, 2.75) is 11.9 Å². The molecule has 0 amide bonds. The molecule has 0 aliphatic carbocycles. The van der Waals surface area contributed by atoms with Crippen LogP contribution in [-0.4, -0.2) is 9.97 Å². The van der Waals surface area contributed by atoms with Crippen LogP contribution in [0.5, 0.6) is 0 Å². The maximum absolute atomic E-state index is 4.41. The number of aromatic nitrogens is 2. The van der Waals surface area contributed by atoms with E-state index in [1.165, 1.54) is 17.5 Å². The van der Waals surface area contributed by atoms with Gasteiger partial charge in [-0.1, -0.05) is 18.2 Å². The van der Waals surface area contributed by atoms with Gasteiger partial charge < -0.3 is 4.72 Å². The van der Waals surface area contributed by atoms with Gasteiger partial charge in [0.2, 0.25) is 0 Å². The van der Waals surface area contributed by atoms with E-state index in [1.807, 2.05) is 36.7 Å². The van der Waals surface area contributed by atoms with Crippen LogP contribution in [0, 0.1) is 6.92 Å². The zero-order chi connectivity index (χ0) is 13.1. The molecule has 0 aliphatic rings. The smallest absolute Gasteiger partial charge is 0.117 e. The van der Waals surface area contributed by atoms with Gasteiger partial charge in [0.25, 0.3) is 0 Å². The number of anilines is 1. The number of aryl methyl sites for hydroxylation is 1. The summed E-state index contributed by atoms with van der Waals surface area (Å²) in [6.07, 6.45) is 3.63. The van der Waals surface area contributed by atoms with Gasteiger partial charge in [-0.3, -0.25) is 4.98 Å². The fraction of sp³-hybridized carbons (Fsp3) is 0.0667. The highest BCUT2D eigenvalue weighted by atomic mass is 32.2. The molecule has 2 aromatic heterocycles. The van der Waals surface area contributed by atoms with Gasteiger partial charge in [-0.2, -0.15) is 0 Å². The lowest BCUT2D eigenvalue weighted by molar-refractivity contribution is 1.11. The van der Waals surface area contributed by atoms with Crippen molar-refractivity contribution in [2.75, 3.05) is 4.72 Å². The number of nitrogens with zero attached hydrogens (tertiary/aromatic N) is 2. The number of para-hydroxylation sites is 1. The minimum atomic E-state index is 0.952. The van der Waals surface area contributed by atoms with E-state index >= 15 is 0 Å². The summed E-state index contributed by atoms with van der Waals surface area (Å²) < 4.78 is 3.32. The molecule has 3 rings (SSSR count). The van der Waals surface area contributed by atoms with Gasteiger partial charge in [-0.15, -0.1) is 0 Å². The molecule has 4 heteroatoms. The van der Waals surface area contributed by atoms with E-state index in [0.29, 0.717) is 0 Å². The van der Waals surface area contributed by atoms with Crippen LogP contribution in [-0.2, 0) is 0 Å². The van der Waals surface area contributed by atoms with Crippen LogP contribution in [0.15, 0.2) is 59.9 Å². The Morgan fingerprint density at radius 2 is 1.89 bits per heavy atom. The van der Waals surface area contributed by atoms with Crippen molar-refractivity contribution in [1.29, 1.82) is 0 Å². The molecule has 0 bridgehead atoms. The summed E-state index contributed by atoms with van der Waals surface area (Å²) >= 11 is 1.50. The highest BCUT2D eigenvalue weighted by molar-refractivity contribution is 8.00. The third kappa shape index (κ3) is 2.69. The van der Waals surface area contributed by atoms with Crippen molar-refractivity contribution in [3.8, 4) is 0 Å². The zero-order valence-electron chi connectivity index (χ0n) is 10.5. The van der Waals surface area contributed by atoms with Gasteiger partial charge in [-0.25, -0.2) is 4.98 Å². The second-order valence-electron chi connectivity index (χ2n) is 4.26. The Balaban J connectivity index is 1.86. The number of hydrogen-bond acceptors (Lipinski definition) is 4. The molecular formula is C15H13N3S. The van der Waals surface area contributed by atoms with E-state index in [4.69, 9.17) is 0 Å². The predicted molar refractivity (Wildman–Crippen MR) is 80.2 cm³/mol. The minimum absolute atomic E-state index is 0.952. The zero-order valence-corrected chi connectivity index (χ0v) is 11.3. The third-order valence-electron chi connectivity index (χ3n) is 2.79. The van der Waals surface area contributed by atoms with Crippen LogP contribution >= 0.6 is 11.9 Å². The molecule has 1 aromatic carbocycles. The molecule has 3 nitrogen and oxygen atoms in total. The van der Waals surface area contributed by atoms with Gasteiger partial charge in [0.15, 0.2) is 0 Å². The van der Waals surface area contributed by atoms with E-state index in [0.717, 1.165) is 21.6 Å². The molecule has 0 saturated carbocycles. The summed E-state index contributed by atoms with van der Waals surface area (Å²) in [5.41, 5.74) is 3.19. The number of benzene rings is 1. The molecule has 2 heterocycles. The molecule has 0 radical (unpaired) electrons. The molecule has 0 aliphatic heterocycles. The highest BCUT2D eigenvalue weighted by Crippen LogP contribution is 2.25. The van der Waals surface area contributed by atoms with Crippen LogP contribution in [0.25, 0.3) is 10.9 Å². The monoisotopic (exact) mass is 267 g/mol. The summed E-state index contributed by atoms with van der Waals surface area (Å²) in [4.78, 5) is 8.73. The Labute approximate surface area is 116 Å². The average Bonchev–Trinajstić information content (AvgIpc) is 2.45. The van der Waals surface area contributed by atoms with Crippen LogP contribution in [0.2, 0.25) is 0 Å². The Kier molecular flexibility index (Phi) is 3.33. The Morgan fingerprint density at radius 3 is 2.79 bits per heavy atom. The van der Waals surface area contributed by atoms with Gasteiger partial charge in [0.1, 0.15) is 5.03 Å². The van der Waals surface area contributed by atoms with E-state index in [-0.39, 0.29) is 0 Å². The van der Waals surface area contributed by atoms with Crippen LogP contribution in [0.3, 0.4) is 0 Å². The minimum Gasteiger partial charge on any atom is -0.322 e. The summed E-state index contributed by atoms with van der Waals surface area (Å²) in [6.45, 7) is 2.06. The van der Waals surface area contributed by atoms with Crippen molar-refractivity contribution in [3.05, 3.63) is 60.4 Å².